The van der Waals surface area contributed by atoms with Crippen molar-refractivity contribution in [1.29, 1.82) is 0 Å². The molecule has 0 saturated carbocycles. The number of aliphatic carboxylic acids is 1. The van der Waals surface area contributed by atoms with Gasteiger partial charge in [-0.15, -0.1) is 0 Å². The molecule has 1 N–H and O–H groups in total. The number of carboxylic acids is 1. The molecular formula is C9H16N2O3. The van der Waals surface area contributed by atoms with Crippen LogP contribution in [0.15, 0.2) is 0 Å². The molecule has 0 aromatic carbocycles. The molecule has 1 heterocycles. The van der Waals surface area contributed by atoms with Crippen LogP contribution in [0, 0.1) is 0 Å². The first-order valence-electron chi connectivity index (χ1n) is 4.72. The lowest BCUT2D eigenvalue weighted by Crippen LogP contribution is -2.54. The van der Waals surface area contributed by atoms with Gasteiger partial charge in [0.2, 0.25) is 5.91 Å². The highest BCUT2D eigenvalue weighted by atomic mass is 16.4. The number of carbonyl (C=O) groups is 2. The van der Waals surface area contributed by atoms with E-state index in [9.17, 15) is 9.59 Å². The summed E-state index contributed by atoms with van der Waals surface area (Å²) in [4.78, 5) is 25.2. The van der Waals surface area contributed by atoms with Gasteiger partial charge in [-0.1, -0.05) is 0 Å². The van der Waals surface area contributed by atoms with Crippen LogP contribution in [-0.2, 0) is 9.59 Å². The highest BCUT2D eigenvalue weighted by Gasteiger charge is 2.25. The van der Waals surface area contributed by atoms with Crippen molar-refractivity contribution in [2.75, 3.05) is 26.2 Å². The van der Waals surface area contributed by atoms with Gasteiger partial charge in [-0.25, -0.2) is 0 Å². The lowest BCUT2D eigenvalue weighted by molar-refractivity contribution is -0.140. The molecule has 0 aliphatic carbocycles. The lowest BCUT2D eigenvalue weighted by Gasteiger charge is -2.38. The van der Waals surface area contributed by atoms with Crippen molar-refractivity contribution < 1.29 is 14.7 Å². The van der Waals surface area contributed by atoms with Gasteiger partial charge >= 0.3 is 5.97 Å². The average Bonchev–Trinajstić information content (AvgIpc) is 2.01. The van der Waals surface area contributed by atoms with Crippen molar-refractivity contribution >= 4 is 11.9 Å². The summed E-state index contributed by atoms with van der Waals surface area (Å²) in [5, 5.41) is 8.60. The summed E-state index contributed by atoms with van der Waals surface area (Å²) in [6, 6.07) is 0.112. The van der Waals surface area contributed by atoms with E-state index in [-0.39, 0.29) is 18.5 Å². The van der Waals surface area contributed by atoms with Gasteiger partial charge in [0.25, 0.3) is 0 Å². The Morgan fingerprint density at radius 2 is 2.07 bits per heavy atom. The second-order valence-corrected chi connectivity index (χ2v) is 3.69. The van der Waals surface area contributed by atoms with Gasteiger partial charge in [0.1, 0.15) is 0 Å². The third-order valence-corrected chi connectivity index (χ3v) is 2.47. The monoisotopic (exact) mass is 200 g/mol. The van der Waals surface area contributed by atoms with Crippen LogP contribution in [0.5, 0.6) is 0 Å². The Kier molecular flexibility index (Phi) is 3.46. The van der Waals surface area contributed by atoms with Crippen molar-refractivity contribution in [1.82, 2.24) is 9.80 Å². The van der Waals surface area contributed by atoms with Gasteiger partial charge in [0, 0.05) is 32.6 Å². The van der Waals surface area contributed by atoms with Gasteiger partial charge in [-0.2, -0.15) is 0 Å². The Hall–Kier alpha value is -1.10. The highest BCUT2D eigenvalue weighted by Crippen LogP contribution is 2.08. The summed E-state index contributed by atoms with van der Waals surface area (Å²) in [5.41, 5.74) is 0. The van der Waals surface area contributed by atoms with Crippen molar-refractivity contribution in [3.05, 3.63) is 0 Å². The Labute approximate surface area is 83.3 Å². The van der Waals surface area contributed by atoms with Gasteiger partial charge in [-0.3, -0.25) is 14.5 Å². The first-order chi connectivity index (χ1) is 6.50. The largest absolute Gasteiger partial charge is 0.480 e. The summed E-state index contributed by atoms with van der Waals surface area (Å²) in [6.07, 6.45) is 0. The Morgan fingerprint density at radius 1 is 1.43 bits per heavy atom. The van der Waals surface area contributed by atoms with Crippen LogP contribution >= 0.6 is 0 Å². The van der Waals surface area contributed by atoms with E-state index in [0.29, 0.717) is 19.6 Å². The van der Waals surface area contributed by atoms with Crippen LogP contribution in [0.3, 0.4) is 0 Å². The number of amides is 1. The fraction of sp³-hybridized carbons (Fsp3) is 0.778. The highest BCUT2D eigenvalue weighted by molar-refractivity contribution is 5.74. The summed E-state index contributed by atoms with van der Waals surface area (Å²) in [5.74, 6) is -0.749. The van der Waals surface area contributed by atoms with E-state index in [2.05, 4.69) is 0 Å². The van der Waals surface area contributed by atoms with Crippen LogP contribution in [0.4, 0.5) is 0 Å². The molecular weight excluding hydrogens is 184 g/mol. The molecule has 1 atom stereocenters. The van der Waals surface area contributed by atoms with Crippen LogP contribution in [0.2, 0.25) is 0 Å². The summed E-state index contributed by atoms with van der Waals surface area (Å²) in [7, 11) is 0. The fourth-order valence-corrected chi connectivity index (χ4v) is 1.84. The van der Waals surface area contributed by atoms with E-state index in [1.165, 1.54) is 0 Å². The number of rotatable bonds is 2. The Balaban J connectivity index is 2.46. The molecule has 0 spiro atoms. The number of carboxylic acid groups (broad SMARTS) is 1. The van der Waals surface area contributed by atoms with E-state index >= 15 is 0 Å². The molecule has 5 heteroatoms. The molecule has 1 amide bonds. The number of carbonyl (C=O) groups excluding carboxylic acids is 1. The number of piperazine rings is 1. The van der Waals surface area contributed by atoms with E-state index in [4.69, 9.17) is 5.11 Å². The van der Waals surface area contributed by atoms with E-state index < -0.39 is 5.97 Å². The van der Waals surface area contributed by atoms with Crippen LogP contribution in [0.25, 0.3) is 0 Å². The predicted octanol–water partition coefficient (Wildman–Crippen LogP) is -0.376. The zero-order chi connectivity index (χ0) is 10.7. The normalized spacial score (nSPS) is 23.6. The minimum absolute atomic E-state index is 0.0625. The van der Waals surface area contributed by atoms with Crippen LogP contribution in [-0.4, -0.2) is 59.0 Å². The third-order valence-electron chi connectivity index (χ3n) is 2.47. The summed E-state index contributed by atoms with van der Waals surface area (Å²) in [6.45, 7) is 5.47. The molecule has 80 valence electrons. The van der Waals surface area contributed by atoms with E-state index in [0.717, 1.165) is 0 Å². The maximum absolute atomic E-state index is 11.1. The minimum Gasteiger partial charge on any atom is -0.480 e. The van der Waals surface area contributed by atoms with E-state index in [1.807, 2.05) is 11.8 Å². The average molecular weight is 200 g/mol. The topological polar surface area (TPSA) is 60.9 Å². The molecule has 1 fully saturated rings. The predicted molar refractivity (Wildman–Crippen MR) is 50.9 cm³/mol. The zero-order valence-electron chi connectivity index (χ0n) is 8.56. The van der Waals surface area contributed by atoms with Gasteiger partial charge < -0.3 is 10.0 Å². The Morgan fingerprint density at radius 3 is 2.50 bits per heavy atom. The standard InChI is InChI=1S/C9H16N2O3/c1-7-5-10(6-9(13)14)3-4-11(7)8(2)12/h7H,3-6H2,1-2H3,(H,13,14)/t7-/m0/s1. The molecule has 1 aliphatic heterocycles. The smallest absolute Gasteiger partial charge is 0.317 e. The quantitative estimate of drug-likeness (QED) is 0.660. The minimum atomic E-state index is -0.812. The van der Waals surface area contributed by atoms with E-state index in [1.54, 1.807) is 11.8 Å². The SMILES string of the molecule is CC(=O)N1CCN(CC(=O)O)C[C@@H]1C. The number of nitrogens with zero attached hydrogens (tertiary/aromatic N) is 2. The summed E-state index contributed by atoms with van der Waals surface area (Å²) < 4.78 is 0. The fourth-order valence-electron chi connectivity index (χ4n) is 1.84. The number of hydrogen-bond donors (Lipinski definition) is 1. The third kappa shape index (κ3) is 2.70. The molecule has 1 aliphatic rings. The van der Waals surface area contributed by atoms with Crippen molar-refractivity contribution in [2.24, 2.45) is 0 Å². The second kappa shape index (κ2) is 4.41. The Bertz CT molecular complexity index is 242. The molecule has 0 radical (unpaired) electrons. The zero-order valence-corrected chi connectivity index (χ0v) is 8.56. The van der Waals surface area contributed by atoms with Crippen LogP contribution < -0.4 is 0 Å². The molecule has 1 saturated heterocycles. The first kappa shape index (κ1) is 11.0. The van der Waals surface area contributed by atoms with Crippen LogP contribution in [0.1, 0.15) is 13.8 Å². The molecule has 5 nitrogen and oxygen atoms in total. The van der Waals surface area contributed by atoms with Crippen molar-refractivity contribution in [3.63, 3.8) is 0 Å². The summed E-state index contributed by atoms with van der Waals surface area (Å²) >= 11 is 0. The van der Waals surface area contributed by atoms with Gasteiger partial charge in [0.05, 0.1) is 6.54 Å². The number of hydrogen-bond acceptors (Lipinski definition) is 3. The molecule has 14 heavy (non-hydrogen) atoms. The lowest BCUT2D eigenvalue weighted by atomic mass is 10.2. The van der Waals surface area contributed by atoms with Crippen molar-refractivity contribution in [2.45, 2.75) is 19.9 Å². The molecule has 1 rings (SSSR count). The maximum atomic E-state index is 11.1. The van der Waals surface area contributed by atoms with Gasteiger partial charge in [-0.05, 0) is 6.92 Å². The van der Waals surface area contributed by atoms with Gasteiger partial charge in [0.15, 0.2) is 0 Å². The molecule has 0 aromatic heterocycles. The molecule has 0 bridgehead atoms. The maximum Gasteiger partial charge on any atom is 0.317 e. The first-order valence-corrected chi connectivity index (χ1v) is 4.72. The molecule has 0 unspecified atom stereocenters. The molecule has 0 aromatic rings. The second-order valence-electron chi connectivity index (χ2n) is 3.69. The van der Waals surface area contributed by atoms with Crippen molar-refractivity contribution in [3.8, 4) is 0 Å².